The lowest BCUT2D eigenvalue weighted by Crippen LogP contribution is -2.37. The largest absolute Gasteiger partial charge is 0.395 e. The topological polar surface area (TPSA) is 40.0 Å². The SMILES string of the molecule is C=CC[C@]12C[C@H]3CON=C3[C@H]1OC(C)(C)O2. The van der Waals surface area contributed by atoms with Crippen molar-refractivity contribution in [3.8, 4) is 0 Å². The summed E-state index contributed by atoms with van der Waals surface area (Å²) in [4.78, 5) is 5.14. The molecule has 0 aromatic carbocycles. The van der Waals surface area contributed by atoms with Crippen LogP contribution in [0.25, 0.3) is 0 Å². The zero-order valence-corrected chi connectivity index (χ0v) is 9.73. The van der Waals surface area contributed by atoms with Gasteiger partial charge in [0.25, 0.3) is 0 Å². The molecule has 2 fully saturated rings. The Morgan fingerprint density at radius 3 is 3.12 bits per heavy atom. The van der Waals surface area contributed by atoms with Gasteiger partial charge in [0.15, 0.2) is 5.79 Å². The van der Waals surface area contributed by atoms with Crippen LogP contribution in [0.1, 0.15) is 26.7 Å². The van der Waals surface area contributed by atoms with Crippen molar-refractivity contribution >= 4 is 5.71 Å². The van der Waals surface area contributed by atoms with Gasteiger partial charge in [0, 0.05) is 5.92 Å². The molecule has 3 rings (SSSR count). The van der Waals surface area contributed by atoms with Gasteiger partial charge < -0.3 is 14.3 Å². The van der Waals surface area contributed by atoms with Gasteiger partial charge in [-0.3, -0.25) is 0 Å². The van der Waals surface area contributed by atoms with E-state index in [-0.39, 0.29) is 11.7 Å². The van der Waals surface area contributed by atoms with E-state index in [1.807, 2.05) is 19.9 Å². The normalized spacial score (nSPS) is 43.5. The minimum Gasteiger partial charge on any atom is -0.395 e. The third-order valence-electron chi connectivity index (χ3n) is 3.54. The highest BCUT2D eigenvalue weighted by molar-refractivity contribution is 5.95. The van der Waals surface area contributed by atoms with Crippen molar-refractivity contribution in [3.05, 3.63) is 12.7 Å². The minimum atomic E-state index is -0.538. The van der Waals surface area contributed by atoms with Crippen molar-refractivity contribution < 1.29 is 14.3 Å². The Morgan fingerprint density at radius 1 is 1.56 bits per heavy atom. The Bertz CT molecular complexity index is 363. The lowest BCUT2D eigenvalue weighted by molar-refractivity contribution is -0.165. The number of ether oxygens (including phenoxy) is 2. The summed E-state index contributed by atoms with van der Waals surface area (Å²) in [5.41, 5.74) is 0.755. The van der Waals surface area contributed by atoms with Crippen LogP contribution in [0, 0.1) is 5.92 Å². The molecule has 0 aromatic heterocycles. The summed E-state index contributed by atoms with van der Waals surface area (Å²) in [6.45, 7) is 8.37. The van der Waals surface area contributed by atoms with E-state index >= 15 is 0 Å². The standard InChI is InChI=1S/C12H17NO3/c1-4-5-12-6-8-7-14-13-9(8)10(12)15-11(2,3)16-12/h4,8,10H,1,5-7H2,2-3H3/t8-,10+,12-/m0/s1. The first-order chi connectivity index (χ1) is 7.56. The van der Waals surface area contributed by atoms with E-state index in [2.05, 4.69) is 11.7 Å². The van der Waals surface area contributed by atoms with Crippen LogP contribution < -0.4 is 0 Å². The average Bonchev–Trinajstić information content (AvgIpc) is 2.74. The number of fused-ring (bicyclic) bond motifs is 3. The smallest absolute Gasteiger partial charge is 0.164 e. The van der Waals surface area contributed by atoms with E-state index in [1.54, 1.807) is 0 Å². The zero-order valence-electron chi connectivity index (χ0n) is 9.73. The highest BCUT2D eigenvalue weighted by Gasteiger charge is 2.62. The zero-order chi connectivity index (χ0) is 11.4. The summed E-state index contributed by atoms with van der Waals surface area (Å²) in [7, 11) is 0. The molecule has 16 heavy (non-hydrogen) atoms. The van der Waals surface area contributed by atoms with Gasteiger partial charge in [-0.15, -0.1) is 6.58 Å². The molecule has 4 heteroatoms. The maximum absolute atomic E-state index is 6.11. The van der Waals surface area contributed by atoms with Gasteiger partial charge in [0.05, 0.1) is 5.71 Å². The predicted octanol–water partition coefficient (Wildman–Crippen LogP) is 1.86. The van der Waals surface area contributed by atoms with Crippen LogP contribution >= 0.6 is 0 Å². The van der Waals surface area contributed by atoms with Crippen LogP contribution in [0.5, 0.6) is 0 Å². The fraction of sp³-hybridized carbons (Fsp3) is 0.750. The van der Waals surface area contributed by atoms with Gasteiger partial charge in [-0.2, -0.15) is 0 Å². The van der Waals surface area contributed by atoms with Crippen molar-refractivity contribution in [2.45, 2.75) is 44.2 Å². The Hall–Kier alpha value is -0.870. The van der Waals surface area contributed by atoms with Crippen LogP contribution in [0.2, 0.25) is 0 Å². The van der Waals surface area contributed by atoms with Gasteiger partial charge in [-0.25, -0.2) is 0 Å². The second kappa shape index (κ2) is 3.08. The summed E-state index contributed by atoms with van der Waals surface area (Å²) in [5, 5.41) is 4.11. The summed E-state index contributed by atoms with van der Waals surface area (Å²) in [5.74, 6) is -0.176. The molecule has 1 saturated heterocycles. The second-order valence-electron chi connectivity index (χ2n) is 5.27. The maximum atomic E-state index is 6.11. The van der Waals surface area contributed by atoms with Crippen LogP contribution in [0.15, 0.2) is 17.8 Å². The van der Waals surface area contributed by atoms with Crippen molar-refractivity contribution in [1.29, 1.82) is 0 Å². The summed E-state index contributed by atoms with van der Waals surface area (Å²) in [6, 6.07) is 0. The Balaban J connectivity index is 1.97. The van der Waals surface area contributed by atoms with Gasteiger partial charge >= 0.3 is 0 Å². The maximum Gasteiger partial charge on any atom is 0.164 e. The lowest BCUT2D eigenvalue weighted by atomic mass is 9.94. The number of hydrogen-bond donors (Lipinski definition) is 0. The molecule has 0 aromatic rings. The van der Waals surface area contributed by atoms with E-state index in [0.717, 1.165) is 18.6 Å². The monoisotopic (exact) mass is 223 g/mol. The molecule has 2 heterocycles. The Kier molecular flexibility index (Phi) is 1.98. The van der Waals surface area contributed by atoms with Crippen molar-refractivity contribution in [2.75, 3.05) is 6.61 Å². The highest BCUT2D eigenvalue weighted by atomic mass is 16.8. The van der Waals surface area contributed by atoms with Gasteiger partial charge in [-0.1, -0.05) is 11.2 Å². The first kappa shape index (κ1) is 10.3. The van der Waals surface area contributed by atoms with Crippen LogP contribution in [-0.2, 0) is 14.3 Å². The predicted molar refractivity (Wildman–Crippen MR) is 59.1 cm³/mol. The van der Waals surface area contributed by atoms with Crippen molar-refractivity contribution in [2.24, 2.45) is 11.1 Å². The molecular formula is C12H17NO3. The second-order valence-corrected chi connectivity index (χ2v) is 5.27. The van der Waals surface area contributed by atoms with E-state index in [9.17, 15) is 0 Å². The molecule has 0 unspecified atom stereocenters. The first-order valence-electron chi connectivity index (χ1n) is 5.75. The average molecular weight is 223 g/mol. The van der Waals surface area contributed by atoms with E-state index in [0.29, 0.717) is 12.5 Å². The third-order valence-corrected chi connectivity index (χ3v) is 3.54. The molecule has 0 N–H and O–H groups in total. The molecule has 0 radical (unpaired) electrons. The molecule has 0 bridgehead atoms. The highest BCUT2D eigenvalue weighted by Crippen LogP contribution is 2.50. The quantitative estimate of drug-likeness (QED) is 0.671. The molecule has 0 amide bonds. The minimum absolute atomic E-state index is 0.0620. The van der Waals surface area contributed by atoms with Gasteiger partial charge in [-0.05, 0) is 26.7 Å². The van der Waals surface area contributed by atoms with E-state index < -0.39 is 5.79 Å². The molecule has 3 aliphatic rings. The third kappa shape index (κ3) is 1.26. The Morgan fingerprint density at radius 2 is 2.38 bits per heavy atom. The molecule has 3 atom stereocenters. The van der Waals surface area contributed by atoms with E-state index in [4.69, 9.17) is 14.3 Å². The summed E-state index contributed by atoms with van der Waals surface area (Å²) < 4.78 is 12.1. The number of oxime groups is 1. The molecule has 0 spiro atoms. The summed E-state index contributed by atoms with van der Waals surface area (Å²) >= 11 is 0. The van der Waals surface area contributed by atoms with Gasteiger partial charge in [0.2, 0.25) is 0 Å². The first-order valence-corrected chi connectivity index (χ1v) is 5.75. The van der Waals surface area contributed by atoms with Crippen LogP contribution in [-0.4, -0.2) is 29.8 Å². The lowest BCUT2D eigenvalue weighted by Gasteiger charge is -2.27. The van der Waals surface area contributed by atoms with Gasteiger partial charge in [0.1, 0.15) is 18.3 Å². The van der Waals surface area contributed by atoms with Crippen molar-refractivity contribution in [3.63, 3.8) is 0 Å². The van der Waals surface area contributed by atoms with Crippen molar-refractivity contribution in [1.82, 2.24) is 0 Å². The number of nitrogens with zero attached hydrogens (tertiary/aromatic N) is 1. The fourth-order valence-corrected chi connectivity index (χ4v) is 3.12. The molecule has 4 nitrogen and oxygen atoms in total. The van der Waals surface area contributed by atoms with Crippen LogP contribution in [0.3, 0.4) is 0 Å². The summed E-state index contributed by atoms with van der Waals surface area (Å²) in [6.07, 6.45) is 3.57. The van der Waals surface area contributed by atoms with E-state index in [1.165, 1.54) is 0 Å². The molecule has 2 aliphatic heterocycles. The van der Waals surface area contributed by atoms with Crippen LogP contribution in [0.4, 0.5) is 0 Å². The molecule has 1 aliphatic carbocycles. The Labute approximate surface area is 95.2 Å². The molecule has 1 saturated carbocycles. The number of hydrogen-bond acceptors (Lipinski definition) is 4. The number of rotatable bonds is 2. The molecular weight excluding hydrogens is 206 g/mol. The fourth-order valence-electron chi connectivity index (χ4n) is 3.12. The molecule has 88 valence electrons.